The van der Waals surface area contributed by atoms with Gasteiger partial charge in [0.2, 0.25) is 0 Å². The highest BCUT2D eigenvalue weighted by Gasteiger charge is 2.14. The van der Waals surface area contributed by atoms with Crippen LogP contribution in [0.3, 0.4) is 0 Å². The molecule has 0 fully saturated rings. The number of nitrogens with zero attached hydrogens (tertiary/aromatic N) is 2. The normalized spacial score (nSPS) is 10.6. The fourth-order valence-electron chi connectivity index (χ4n) is 2.16. The van der Waals surface area contributed by atoms with Gasteiger partial charge in [0, 0.05) is 11.6 Å². The number of amides is 1. The molecule has 136 valence electrons. The van der Waals surface area contributed by atoms with Crippen LogP contribution >= 0.6 is 0 Å². The van der Waals surface area contributed by atoms with Crippen LogP contribution in [0.25, 0.3) is 0 Å². The largest absolute Gasteiger partial charge is 0.490 e. The van der Waals surface area contributed by atoms with E-state index in [2.05, 4.69) is 10.5 Å². The first-order valence-corrected chi connectivity index (χ1v) is 7.75. The zero-order valence-electron chi connectivity index (χ0n) is 14.7. The van der Waals surface area contributed by atoms with E-state index in [0.717, 1.165) is 11.1 Å². The van der Waals surface area contributed by atoms with E-state index in [1.165, 1.54) is 25.5 Å². The number of hydrazone groups is 1. The summed E-state index contributed by atoms with van der Waals surface area (Å²) in [5, 5.41) is 14.8. The maximum atomic E-state index is 11.8. The molecule has 0 saturated heterocycles. The molecule has 0 radical (unpaired) electrons. The van der Waals surface area contributed by atoms with Gasteiger partial charge in [0.25, 0.3) is 5.91 Å². The van der Waals surface area contributed by atoms with E-state index in [-0.39, 0.29) is 18.0 Å². The summed E-state index contributed by atoms with van der Waals surface area (Å²) in [5.74, 6) is 0.346. The Kier molecular flexibility index (Phi) is 6.26. The SMILES string of the molecule is COc1ccc(/C=N\NC(=O)COc2cccc(C)c2C)cc1[N+](=O)[O-]. The highest BCUT2D eigenvalue weighted by atomic mass is 16.6. The smallest absolute Gasteiger partial charge is 0.311 e. The molecule has 0 aliphatic carbocycles. The fraction of sp³-hybridized carbons (Fsp3) is 0.222. The van der Waals surface area contributed by atoms with E-state index < -0.39 is 10.8 Å². The van der Waals surface area contributed by atoms with Crippen LogP contribution in [0.4, 0.5) is 5.69 Å². The summed E-state index contributed by atoms with van der Waals surface area (Å²) in [6, 6.07) is 9.96. The van der Waals surface area contributed by atoms with Gasteiger partial charge in [0.1, 0.15) is 5.75 Å². The number of methoxy groups -OCH3 is 1. The number of hydrogen-bond acceptors (Lipinski definition) is 6. The number of benzene rings is 2. The lowest BCUT2D eigenvalue weighted by Gasteiger charge is -2.09. The van der Waals surface area contributed by atoms with Crippen molar-refractivity contribution < 1.29 is 19.2 Å². The van der Waals surface area contributed by atoms with Crippen LogP contribution in [-0.4, -0.2) is 30.8 Å². The van der Waals surface area contributed by atoms with Gasteiger partial charge in [-0.2, -0.15) is 5.10 Å². The molecule has 2 aromatic rings. The lowest BCUT2D eigenvalue weighted by atomic mass is 10.1. The highest BCUT2D eigenvalue weighted by molar-refractivity contribution is 5.84. The second kappa shape index (κ2) is 8.61. The van der Waals surface area contributed by atoms with Crippen LogP contribution in [0.15, 0.2) is 41.5 Å². The summed E-state index contributed by atoms with van der Waals surface area (Å²) in [6.07, 6.45) is 1.31. The first-order chi connectivity index (χ1) is 12.4. The molecular weight excluding hydrogens is 338 g/mol. The Labute approximate surface area is 150 Å². The molecule has 2 rings (SSSR count). The molecule has 1 amide bonds. The molecule has 0 atom stereocenters. The zero-order chi connectivity index (χ0) is 19.1. The van der Waals surface area contributed by atoms with E-state index in [1.807, 2.05) is 26.0 Å². The Morgan fingerprint density at radius 2 is 2.04 bits per heavy atom. The predicted molar refractivity (Wildman–Crippen MR) is 96.8 cm³/mol. The van der Waals surface area contributed by atoms with Crippen molar-refractivity contribution in [1.29, 1.82) is 0 Å². The number of nitro benzene ring substituents is 1. The van der Waals surface area contributed by atoms with Crippen LogP contribution in [0, 0.1) is 24.0 Å². The standard InChI is InChI=1S/C18H19N3O5/c1-12-5-4-6-16(13(12)2)26-11-18(22)20-19-10-14-7-8-17(25-3)15(9-14)21(23)24/h4-10H,11H2,1-3H3,(H,20,22)/b19-10-. The van der Waals surface area contributed by atoms with Crippen molar-refractivity contribution in [3.63, 3.8) is 0 Å². The van der Waals surface area contributed by atoms with Crippen molar-refractivity contribution >= 4 is 17.8 Å². The van der Waals surface area contributed by atoms with Crippen molar-refractivity contribution in [2.45, 2.75) is 13.8 Å². The number of aryl methyl sites for hydroxylation is 1. The minimum atomic E-state index is -0.549. The molecule has 0 spiro atoms. The monoisotopic (exact) mass is 357 g/mol. The molecular formula is C18H19N3O5. The van der Waals surface area contributed by atoms with Gasteiger partial charge in [0.15, 0.2) is 12.4 Å². The van der Waals surface area contributed by atoms with Gasteiger partial charge < -0.3 is 9.47 Å². The second-order valence-electron chi connectivity index (χ2n) is 5.47. The molecule has 0 aliphatic rings. The van der Waals surface area contributed by atoms with Crippen molar-refractivity contribution in [3.05, 3.63) is 63.2 Å². The van der Waals surface area contributed by atoms with Gasteiger partial charge in [-0.05, 0) is 43.2 Å². The molecule has 0 heterocycles. The molecule has 26 heavy (non-hydrogen) atoms. The van der Waals surface area contributed by atoms with Crippen LogP contribution in [-0.2, 0) is 4.79 Å². The molecule has 0 unspecified atom stereocenters. The maximum absolute atomic E-state index is 11.8. The molecule has 2 aromatic carbocycles. The van der Waals surface area contributed by atoms with E-state index in [1.54, 1.807) is 12.1 Å². The minimum Gasteiger partial charge on any atom is -0.490 e. The molecule has 0 aliphatic heterocycles. The fourth-order valence-corrected chi connectivity index (χ4v) is 2.16. The quantitative estimate of drug-likeness (QED) is 0.466. The van der Waals surface area contributed by atoms with Crippen LogP contribution in [0.5, 0.6) is 11.5 Å². The number of hydrogen-bond donors (Lipinski definition) is 1. The van der Waals surface area contributed by atoms with Gasteiger partial charge in [-0.15, -0.1) is 0 Å². The van der Waals surface area contributed by atoms with Gasteiger partial charge in [-0.1, -0.05) is 12.1 Å². The summed E-state index contributed by atoms with van der Waals surface area (Å²) in [4.78, 5) is 22.2. The molecule has 1 N–H and O–H groups in total. The number of nitrogens with one attached hydrogen (secondary N) is 1. The summed E-state index contributed by atoms with van der Waals surface area (Å²) in [7, 11) is 1.35. The summed E-state index contributed by atoms with van der Waals surface area (Å²) in [6.45, 7) is 3.68. The second-order valence-corrected chi connectivity index (χ2v) is 5.47. The van der Waals surface area contributed by atoms with E-state index in [0.29, 0.717) is 11.3 Å². The summed E-state index contributed by atoms with van der Waals surface area (Å²) in [5.41, 5.74) is 4.63. The third-order valence-corrected chi connectivity index (χ3v) is 3.72. The number of rotatable bonds is 7. The minimum absolute atomic E-state index is 0.151. The maximum Gasteiger partial charge on any atom is 0.311 e. The predicted octanol–water partition coefficient (Wildman–Crippen LogP) is 2.75. The summed E-state index contributed by atoms with van der Waals surface area (Å²) >= 11 is 0. The van der Waals surface area contributed by atoms with E-state index >= 15 is 0 Å². The van der Waals surface area contributed by atoms with Crippen LogP contribution in [0.1, 0.15) is 16.7 Å². The Hall–Kier alpha value is -3.42. The first kappa shape index (κ1) is 18.9. The number of carbonyl (C=O) groups is 1. The Morgan fingerprint density at radius 3 is 2.73 bits per heavy atom. The molecule has 0 bridgehead atoms. The van der Waals surface area contributed by atoms with Gasteiger partial charge in [0.05, 0.1) is 18.2 Å². The third-order valence-electron chi connectivity index (χ3n) is 3.72. The lowest BCUT2D eigenvalue weighted by molar-refractivity contribution is -0.385. The lowest BCUT2D eigenvalue weighted by Crippen LogP contribution is -2.24. The average molecular weight is 357 g/mol. The molecule has 8 nitrogen and oxygen atoms in total. The molecule has 0 saturated carbocycles. The molecule has 0 aromatic heterocycles. The third kappa shape index (κ3) is 4.79. The van der Waals surface area contributed by atoms with Crippen LogP contribution in [0.2, 0.25) is 0 Å². The average Bonchev–Trinajstić information content (AvgIpc) is 2.62. The molecule has 8 heteroatoms. The van der Waals surface area contributed by atoms with Gasteiger partial charge in [-0.3, -0.25) is 14.9 Å². The number of ether oxygens (including phenoxy) is 2. The Balaban J connectivity index is 1.93. The topological polar surface area (TPSA) is 103 Å². The zero-order valence-corrected chi connectivity index (χ0v) is 14.7. The number of carbonyl (C=O) groups excluding carboxylic acids is 1. The Morgan fingerprint density at radius 1 is 1.27 bits per heavy atom. The van der Waals surface area contributed by atoms with E-state index in [9.17, 15) is 14.9 Å². The highest BCUT2D eigenvalue weighted by Crippen LogP contribution is 2.26. The van der Waals surface area contributed by atoms with Crippen molar-refractivity contribution in [1.82, 2.24) is 5.43 Å². The van der Waals surface area contributed by atoms with Gasteiger partial charge in [-0.25, -0.2) is 5.43 Å². The van der Waals surface area contributed by atoms with Gasteiger partial charge >= 0.3 is 5.69 Å². The van der Waals surface area contributed by atoms with E-state index in [4.69, 9.17) is 9.47 Å². The summed E-state index contributed by atoms with van der Waals surface area (Å²) < 4.78 is 10.4. The van der Waals surface area contributed by atoms with Crippen molar-refractivity contribution in [2.24, 2.45) is 5.10 Å². The van der Waals surface area contributed by atoms with Crippen molar-refractivity contribution in [2.75, 3.05) is 13.7 Å². The first-order valence-electron chi connectivity index (χ1n) is 7.75. The van der Waals surface area contributed by atoms with Crippen LogP contribution < -0.4 is 14.9 Å². The number of nitro groups is 1. The van der Waals surface area contributed by atoms with Crippen molar-refractivity contribution in [3.8, 4) is 11.5 Å². The Bertz CT molecular complexity index is 849.